The molecule has 0 N–H and O–H groups in total. The van der Waals surface area contributed by atoms with E-state index < -0.39 is 0 Å². The van der Waals surface area contributed by atoms with Gasteiger partial charge in [0.2, 0.25) is 0 Å². The number of hydrogen-bond acceptors (Lipinski definition) is 3. The fraction of sp³-hybridized carbons (Fsp3) is 0.462. The van der Waals surface area contributed by atoms with Gasteiger partial charge in [-0.25, -0.2) is 0 Å². The standard InChI is InChI=1S/C13H18N4O/c1-5-9(2)17-6-11(8-18)13(15-17)12-7-16(4)14-10(12)3/h6-9H,5H2,1-4H3. The molecule has 0 fully saturated rings. The first-order chi connectivity index (χ1) is 8.56. The Morgan fingerprint density at radius 3 is 2.61 bits per heavy atom. The maximum Gasteiger partial charge on any atom is 0.153 e. The summed E-state index contributed by atoms with van der Waals surface area (Å²) in [5.74, 6) is 0. The van der Waals surface area contributed by atoms with Gasteiger partial charge in [0, 0.05) is 31.0 Å². The summed E-state index contributed by atoms with van der Waals surface area (Å²) >= 11 is 0. The Morgan fingerprint density at radius 1 is 1.39 bits per heavy atom. The van der Waals surface area contributed by atoms with Gasteiger partial charge in [0.15, 0.2) is 6.29 Å². The Bertz CT molecular complexity index is 568. The Hall–Kier alpha value is -1.91. The van der Waals surface area contributed by atoms with Crippen LogP contribution in [-0.2, 0) is 7.05 Å². The summed E-state index contributed by atoms with van der Waals surface area (Å²) in [5.41, 5.74) is 3.14. The van der Waals surface area contributed by atoms with Crippen molar-refractivity contribution in [1.82, 2.24) is 19.6 Å². The lowest BCUT2D eigenvalue weighted by Crippen LogP contribution is -2.04. The molecule has 0 aromatic carbocycles. The summed E-state index contributed by atoms with van der Waals surface area (Å²) in [7, 11) is 1.86. The smallest absolute Gasteiger partial charge is 0.153 e. The Balaban J connectivity index is 2.53. The molecule has 0 aliphatic heterocycles. The van der Waals surface area contributed by atoms with Crippen molar-refractivity contribution in [2.75, 3.05) is 0 Å². The third kappa shape index (κ3) is 2.08. The first-order valence-electron chi connectivity index (χ1n) is 6.11. The fourth-order valence-corrected chi connectivity index (χ4v) is 1.95. The van der Waals surface area contributed by atoms with E-state index in [1.54, 1.807) is 4.68 Å². The first-order valence-corrected chi connectivity index (χ1v) is 6.11. The van der Waals surface area contributed by atoms with E-state index in [1.165, 1.54) is 0 Å². The van der Waals surface area contributed by atoms with Crippen molar-refractivity contribution in [3.63, 3.8) is 0 Å². The molecule has 2 aromatic heterocycles. The maximum atomic E-state index is 11.2. The second kappa shape index (κ2) is 4.76. The number of nitrogens with zero attached hydrogens (tertiary/aromatic N) is 4. The summed E-state index contributed by atoms with van der Waals surface area (Å²) in [5, 5.41) is 8.82. The molecule has 0 saturated heterocycles. The van der Waals surface area contributed by atoms with Gasteiger partial charge in [-0.05, 0) is 20.3 Å². The van der Waals surface area contributed by atoms with Crippen LogP contribution in [0.1, 0.15) is 42.4 Å². The second-order valence-electron chi connectivity index (χ2n) is 4.59. The number of carbonyl (C=O) groups is 1. The van der Waals surface area contributed by atoms with E-state index in [1.807, 2.05) is 31.0 Å². The zero-order valence-corrected chi connectivity index (χ0v) is 11.2. The van der Waals surface area contributed by atoms with Crippen LogP contribution in [0.15, 0.2) is 12.4 Å². The van der Waals surface area contributed by atoms with E-state index >= 15 is 0 Å². The molecule has 0 aliphatic rings. The molecule has 5 nitrogen and oxygen atoms in total. The SMILES string of the molecule is CCC(C)n1cc(C=O)c(-c2cn(C)nc2C)n1. The minimum Gasteiger partial charge on any atom is -0.298 e. The lowest BCUT2D eigenvalue weighted by Gasteiger charge is -2.07. The van der Waals surface area contributed by atoms with Crippen molar-refractivity contribution >= 4 is 6.29 Å². The number of aryl methyl sites for hydroxylation is 2. The Morgan fingerprint density at radius 2 is 2.11 bits per heavy atom. The highest BCUT2D eigenvalue weighted by Crippen LogP contribution is 2.25. The van der Waals surface area contributed by atoms with Gasteiger partial charge >= 0.3 is 0 Å². The predicted octanol–water partition coefficient (Wildman–Crippen LogP) is 2.38. The van der Waals surface area contributed by atoms with Crippen molar-refractivity contribution in [3.05, 3.63) is 23.7 Å². The molecule has 0 aliphatic carbocycles. The van der Waals surface area contributed by atoms with Crippen molar-refractivity contribution in [3.8, 4) is 11.3 Å². The topological polar surface area (TPSA) is 52.7 Å². The monoisotopic (exact) mass is 246 g/mol. The van der Waals surface area contributed by atoms with Crippen LogP contribution in [0.25, 0.3) is 11.3 Å². The van der Waals surface area contributed by atoms with Crippen LogP contribution in [0.5, 0.6) is 0 Å². The third-order valence-electron chi connectivity index (χ3n) is 3.20. The van der Waals surface area contributed by atoms with Crippen LogP contribution < -0.4 is 0 Å². The Labute approximate surface area is 106 Å². The maximum absolute atomic E-state index is 11.2. The summed E-state index contributed by atoms with van der Waals surface area (Å²) in [6, 6.07) is 0.287. The van der Waals surface area contributed by atoms with Gasteiger partial charge in [-0.15, -0.1) is 0 Å². The zero-order chi connectivity index (χ0) is 13.3. The molecule has 0 saturated carbocycles. The van der Waals surface area contributed by atoms with E-state index in [2.05, 4.69) is 24.0 Å². The van der Waals surface area contributed by atoms with E-state index in [-0.39, 0.29) is 6.04 Å². The molecule has 18 heavy (non-hydrogen) atoms. The summed E-state index contributed by atoms with van der Waals surface area (Å²) < 4.78 is 3.59. The fourth-order valence-electron chi connectivity index (χ4n) is 1.95. The first kappa shape index (κ1) is 12.5. The average molecular weight is 246 g/mol. The van der Waals surface area contributed by atoms with Gasteiger partial charge in [-0.2, -0.15) is 10.2 Å². The van der Waals surface area contributed by atoms with Crippen molar-refractivity contribution in [1.29, 1.82) is 0 Å². The second-order valence-corrected chi connectivity index (χ2v) is 4.59. The highest BCUT2D eigenvalue weighted by atomic mass is 16.1. The highest BCUT2D eigenvalue weighted by Gasteiger charge is 2.16. The number of aromatic nitrogens is 4. The molecule has 2 heterocycles. The molecule has 0 bridgehead atoms. The molecular formula is C13H18N4O. The van der Waals surface area contributed by atoms with Crippen LogP contribution in [0, 0.1) is 6.92 Å². The quantitative estimate of drug-likeness (QED) is 0.778. The number of rotatable bonds is 4. The van der Waals surface area contributed by atoms with Crippen LogP contribution in [0.3, 0.4) is 0 Å². The van der Waals surface area contributed by atoms with Gasteiger partial charge in [-0.3, -0.25) is 14.2 Å². The van der Waals surface area contributed by atoms with Gasteiger partial charge in [0.1, 0.15) is 5.69 Å². The molecular weight excluding hydrogens is 228 g/mol. The molecule has 1 unspecified atom stereocenters. The highest BCUT2D eigenvalue weighted by molar-refractivity contribution is 5.85. The van der Waals surface area contributed by atoms with Crippen molar-refractivity contribution in [2.24, 2.45) is 7.05 Å². The molecule has 0 spiro atoms. The predicted molar refractivity (Wildman–Crippen MR) is 69.6 cm³/mol. The summed E-state index contributed by atoms with van der Waals surface area (Å²) in [6.07, 6.45) is 5.54. The van der Waals surface area contributed by atoms with E-state index in [9.17, 15) is 4.79 Å². The van der Waals surface area contributed by atoms with Gasteiger partial charge in [0.25, 0.3) is 0 Å². The zero-order valence-electron chi connectivity index (χ0n) is 11.2. The van der Waals surface area contributed by atoms with Crippen LogP contribution >= 0.6 is 0 Å². The molecule has 2 aromatic rings. The molecule has 2 rings (SSSR count). The van der Waals surface area contributed by atoms with Crippen molar-refractivity contribution < 1.29 is 4.79 Å². The normalized spacial score (nSPS) is 12.7. The molecule has 5 heteroatoms. The van der Waals surface area contributed by atoms with Crippen LogP contribution in [0.2, 0.25) is 0 Å². The number of hydrogen-bond donors (Lipinski definition) is 0. The number of aldehydes is 1. The van der Waals surface area contributed by atoms with Crippen LogP contribution in [0.4, 0.5) is 0 Å². The minimum absolute atomic E-state index is 0.287. The summed E-state index contributed by atoms with van der Waals surface area (Å²) in [6.45, 7) is 6.11. The minimum atomic E-state index is 0.287. The van der Waals surface area contributed by atoms with Gasteiger partial charge < -0.3 is 0 Å². The molecule has 0 amide bonds. The van der Waals surface area contributed by atoms with E-state index in [4.69, 9.17) is 0 Å². The van der Waals surface area contributed by atoms with Gasteiger partial charge in [-0.1, -0.05) is 6.92 Å². The third-order valence-corrected chi connectivity index (χ3v) is 3.20. The van der Waals surface area contributed by atoms with E-state index in [0.29, 0.717) is 5.56 Å². The summed E-state index contributed by atoms with van der Waals surface area (Å²) in [4.78, 5) is 11.2. The van der Waals surface area contributed by atoms with Gasteiger partial charge in [0.05, 0.1) is 11.3 Å². The lowest BCUT2D eigenvalue weighted by molar-refractivity contribution is 0.112. The van der Waals surface area contributed by atoms with Crippen LogP contribution in [-0.4, -0.2) is 25.8 Å². The van der Waals surface area contributed by atoms with Crippen molar-refractivity contribution in [2.45, 2.75) is 33.2 Å². The largest absolute Gasteiger partial charge is 0.298 e. The molecule has 0 radical (unpaired) electrons. The lowest BCUT2D eigenvalue weighted by atomic mass is 10.1. The molecule has 96 valence electrons. The average Bonchev–Trinajstić information content (AvgIpc) is 2.91. The number of carbonyl (C=O) groups excluding carboxylic acids is 1. The Kier molecular flexibility index (Phi) is 3.32. The van der Waals surface area contributed by atoms with E-state index in [0.717, 1.165) is 29.7 Å². The molecule has 1 atom stereocenters.